The average Bonchev–Trinajstić information content (AvgIpc) is 3.36. The molecule has 0 unspecified atom stereocenters. The molecular weight excluding hydrogens is 452 g/mol. The number of nitrogens with zero attached hydrogens (tertiary/aromatic N) is 2. The van der Waals surface area contributed by atoms with E-state index in [-0.39, 0.29) is 12.8 Å². The molecule has 10 heteroatoms. The van der Waals surface area contributed by atoms with Crippen molar-refractivity contribution < 1.29 is 28.3 Å². The van der Waals surface area contributed by atoms with Gasteiger partial charge in [-0.3, -0.25) is 20.4 Å². The van der Waals surface area contributed by atoms with E-state index in [0.717, 1.165) is 24.2 Å². The van der Waals surface area contributed by atoms with Gasteiger partial charge in [0.1, 0.15) is 5.75 Å². The Labute approximate surface area is 203 Å². The van der Waals surface area contributed by atoms with Crippen molar-refractivity contribution in [2.75, 3.05) is 20.3 Å². The highest BCUT2D eigenvalue weighted by Crippen LogP contribution is 2.28. The van der Waals surface area contributed by atoms with Crippen molar-refractivity contribution in [2.45, 2.75) is 39.5 Å². The Balaban J connectivity index is 1.47. The number of carbonyl (C=O) groups is 2. The van der Waals surface area contributed by atoms with E-state index in [1.807, 2.05) is 31.2 Å². The molecule has 1 aromatic heterocycles. The van der Waals surface area contributed by atoms with Crippen molar-refractivity contribution in [1.29, 1.82) is 0 Å². The van der Waals surface area contributed by atoms with Gasteiger partial charge in [0.25, 0.3) is 5.91 Å². The van der Waals surface area contributed by atoms with Crippen LogP contribution in [0, 0.1) is 0 Å². The highest BCUT2D eigenvalue weighted by molar-refractivity contribution is 5.96. The Kier molecular flexibility index (Phi) is 9.47. The van der Waals surface area contributed by atoms with E-state index in [4.69, 9.17) is 18.7 Å². The maximum absolute atomic E-state index is 12.4. The summed E-state index contributed by atoms with van der Waals surface area (Å²) in [5.41, 5.74) is 5.88. The van der Waals surface area contributed by atoms with Crippen molar-refractivity contribution >= 4 is 11.8 Å². The molecular formula is C25H30N4O6. The van der Waals surface area contributed by atoms with Gasteiger partial charge in [-0.25, -0.2) is 0 Å². The van der Waals surface area contributed by atoms with Crippen LogP contribution in [0.1, 0.15) is 49.4 Å². The lowest BCUT2D eigenvalue weighted by molar-refractivity contribution is -0.121. The topological polar surface area (TPSA) is 125 Å². The highest BCUT2D eigenvalue weighted by Gasteiger charge is 2.14. The van der Waals surface area contributed by atoms with E-state index in [9.17, 15) is 9.59 Å². The maximum atomic E-state index is 12.4. The lowest BCUT2D eigenvalue weighted by atomic mass is 10.2. The molecule has 35 heavy (non-hydrogen) atoms. The number of hydrazine groups is 1. The standard InChI is InChI=1S/C25H30N4O6/c1-4-6-15-34-20-12-9-18(16-21(20)32-3)25(31)28-27-22(30)13-14-23-26-24(29-35-23)17-7-10-19(11-8-17)33-5-2/h7-12,16H,4-6,13-15H2,1-3H3,(H,27,30)(H,28,31). The lowest BCUT2D eigenvalue weighted by Gasteiger charge is -2.12. The van der Waals surface area contributed by atoms with Gasteiger partial charge in [-0.1, -0.05) is 18.5 Å². The van der Waals surface area contributed by atoms with Crippen molar-refractivity contribution in [1.82, 2.24) is 21.0 Å². The molecule has 0 bridgehead atoms. The summed E-state index contributed by atoms with van der Waals surface area (Å²) in [6.45, 7) is 5.14. The number of hydrogen-bond donors (Lipinski definition) is 2. The quantitative estimate of drug-likeness (QED) is 0.296. The summed E-state index contributed by atoms with van der Waals surface area (Å²) in [6.07, 6.45) is 2.21. The number of amides is 2. The number of hydrogen-bond acceptors (Lipinski definition) is 8. The first-order valence-electron chi connectivity index (χ1n) is 11.5. The number of carbonyl (C=O) groups excluding carboxylic acids is 2. The maximum Gasteiger partial charge on any atom is 0.269 e. The van der Waals surface area contributed by atoms with Crippen molar-refractivity contribution in [3.05, 3.63) is 53.9 Å². The fraction of sp³-hybridized carbons (Fsp3) is 0.360. The molecule has 0 aliphatic heterocycles. The smallest absolute Gasteiger partial charge is 0.269 e. The molecule has 2 amide bonds. The fourth-order valence-electron chi connectivity index (χ4n) is 3.08. The van der Waals surface area contributed by atoms with Crippen LogP contribution in [0.5, 0.6) is 17.2 Å². The van der Waals surface area contributed by atoms with Crippen LogP contribution < -0.4 is 25.1 Å². The molecule has 0 atom stereocenters. The largest absolute Gasteiger partial charge is 0.494 e. The number of nitrogens with one attached hydrogen (secondary N) is 2. The molecule has 0 radical (unpaired) electrons. The third kappa shape index (κ3) is 7.46. The summed E-state index contributed by atoms with van der Waals surface area (Å²) in [5.74, 6) is 1.63. The van der Waals surface area contributed by atoms with E-state index in [1.165, 1.54) is 7.11 Å². The van der Waals surface area contributed by atoms with Crippen molar-refractivity contribution in [3.8, 4) is 28.6 Å². The molecule has 2 N–H and O–H groups in total. The second kappa shape index (κ2) is 13.0. The van der Waals surface area contributed by atoms with Gasteiger partial charge in [0.05, 0.1) is 20.3 Å². The van der Waals surface area contributed by atoms with Crippen molar-refractivity contribution in [2.24, 2.45) is 0 Å². The molecule has 0 saturated heterocycles. The number of ether oxygens (including phenoxy) is 3. The molecule has 3 aromatic rings. The van der Waals surface area contributed by atoms with Gasteiger partial charge in [-0.2, -0.15) is 4.98 Å². The normalized spacial score (nSPS) is 10.5. The SMILES string of the molecule is CCCCOc1ccc(C(=O)NNC(=O)CCc2nc(-c3ccc(OCC)cc3)no2)cc1OC. The number of aromatic nitrogens is 2. The first-order chi connectivity index (χ1) is 17.0. The zero-order chi connectivity index (χ0) is 25.0. The molecule has 2 aromatic carbocycles. The average molecular weight is 483 g/mol. The van der Waals surface area contributed by atoms with Crippen LogP contribution >= 0.6 is 0 Å². The predicted octanol–water partition coefficient (Wildman–Crippen LogP) is 3.72. The first-order valence-corrected chi connectivity index (χ1v) is 11.5. The van der Waals surface area contributed by atoms with E-state index < -0.39 is 11.8 Å². The Bertz CT molecular complexity index is 1110. The van der Waals surface area contributed by atoms with Gasteiger partial charge in [0.2, 0.25) is 17.6 Å². The van der Waals surface area contributed by atoms with Crippen LogP contribution in [0.15, 0.2) is 47.0 Å². The molecule has 0 fully saturated rings. The van der Waals surface area contributed by atoms with E-state index in [1.54, 1.807) is 18.2 Å². The monoisotopic (exact) mass is 482 g/mol. The first kappa shape index (κ1) is 25.5. The van der Waals surface area contributed by atoms with Crippen LogP contribution in [-0.4, -0.2) is 42.3 Å². The molecule has 186 valence electrons. The summed E-state index contributed by atoms with van der Waals surface area (Å²) >= 11 is 0. The molecule has 0 saturated carbocycles. The van der Waals surface area contributed by atoms with Crippen molar-refractivity contribution in [3.63, 3.8) is 0 Å². The van der Waals surface area contributed by atoms with Crippen LogP contribution in [0.3, 0.4) is 0 Å². The number of methoxy groups -OCH3 is 1. The van der Waals surface area contributed by atoms with Gasteiger partial charge in [-0.15, -0.1) is 0 Å². The molecule has 0 aliphatic rings. The van der Waals surface area contributed by atoms with Crippen LogP contribution in [0.4, 0.5) is 0 Å². The number of benzene rings is 2. The summed E-state index contributed by atoms with van der Waals surface area (Å²) in [7, 11) is 1.50. The van der Waals surface area contributed by atoms with Gasteiger partial charge in [0, 0.05) is 24.0 Å². The summed E-state index contributed by atoms with van der Waals surface area (Å²) < 4.78 is 21.6. The Morgan fingerprint density at radius 1 is 1.00 bits per heavy atom. The summed E-state index contributed by atoms with van der Waals surface area (Å²) in [5, 5.41) is 3.95. The molecule has 10 nitrogen and oxygen atoms in total. The summed E-state index contributed by atoms with van der Waals surface area (Å²) in [4.78, 5) is 28.9. The van der Waals surface area contributed by atoms with E-state index in [0.29, 0.717) is 42.0 Å². The third-order valence-corrected chi connectivity index (χ3v) is 4.95. The van der Waals surface area contributed by atoms with Crippen LogP contribution in [-0.2, 0) is 11.2 Å². The Morgan fingerprint density at radius 3 is 2.51 bits per heavy atom. The van der Waals surface area contributed by atoms with Gasteiger partial charge in [0.15, 0.2) is 11.5 Å². The number of rotatable bonds is 12. The van der Waals surface area contributed by atoms with E-state index in [2.05, 4.69) is 27.9 Å². The molecule has 0 spiro atoms. The third-order valence-electron chi connectivity index (χ3n) is 4.95. The zero-order valence-corrected chi connectivity index (χ0v) is 20.1. The fourth-order valence-corrected chi connectivity index (χ4v) is 3.08. The summed E-state index contributed by atoms with van der Waals surface area (Å²) in [6, 6.07) is 12.2. The van der Waals surface area contributed by atoms with E-state index >= 15 is 0 Å². The second-order valence-corrected chi connectivity index (χ2v) is 7.54. The van der Waals surface area contributed by atoms with Gasteiger partial charge in [-0.05, 0) is 55.8 Å². The van der Waals surface area contributed by atoms with Gasteiger partial charge < -0.3 is 18.7 Å². The van der Waals surface area contributed by atoms with Crippen LogP contribution in [0.25, 0.3) is 11.4 Å². The highest BCUT2D eigenvalue weighted by atomic mass is 16.5. The molecule has 0 aliphatic carbocycles. The minimum Gasteiger partial charge on any atom is -0.494 e. The Hall–Kier alpha value is -4.08. The van der Waals surface area contributed by atoms with Crippen LogP contribution in [0.2, 0.25) is 0 Å². The zero-order valence-electron chi connectivity index (χ0n) is 20.1. The number of unbranched alkanes of at least 4 members (excludes halogenated alkanes) is 1. The predicted molar refractivity (Wildman–Crippen MR) is 128 cm³/mol. The lowest BCUT2D eigenvalue weighted by Crippen LogP contribution is -2.41. The van der Waals surface area contributed by atoms with Gasteiger partial charge >= 0.3 is 0 Å². The Morgan fingerprint density at radius 2 is 1.80 bits per heavy atom. The second-order valence-electron chi connectivity index (χ2n) is 7.54. The minimum absolute atomic E-state index is 0.0543. The minimum atomic E-state index is -0.479. The number of aryl methyl sites for hydroxylation is 1. The molecule has 1 heterocycles. The molecule has 3 rings (SSSR count).